The molecule has 0 fully saturated rings. The van der Waals surface area contributed by atoms with Crippen LogP contribution in [0.1, 0.15) is 6.92 Å². The van der Waals surface area contributed by atoms with Crippen molar-refractivity contribution in [3.05, 3.63) is 12.7 Å². The van der Waals surface area contributed by atoms with Crippen molar-refractivity contribution >= 4 is 39.1 Å². The average Bonchev–Trinajstić information content (AvgIpc) is 1.85. The molecule has 0 aromatic rings. The fourth-order valence-corrected chi connectivity index (χ4v) is 0.489. The third kappa shape index (κ3) is 5.53. The third-order valence-corrected chi connectivity index (χ3v) is 1.80. The van der Waals surface area contributed by atoms with E-state index >= 15 is 0 Å². The Morgan fingerprint density at radius 2 is 2.08 bits per heavy atom. The Bertz CT molecular complexity index is 257. The molecule has 0 heterocycles. The van der Waals surface area contributed by atoms with E-state index < -0.39 is 21.5 Å². The van der Waals surface area contributed by atoms with Gasteiger partial charge in [-0.1, -0.05) is 6.58 Å². The number of carbonyl (C=O) groups is 1. The molecule has 0 aliphatic heterocycles. The molecule has 12 heavy (non-hydrogen) atoms. The van der Waals surface area contributed by atoms with Gasteiger partial charge in [0.2, 0.25) is 5.44 Å². The Hall–Kier alpha value is -0.114. The Morgan fingerprint density at radius 1 is 1.67 bits per heavy atom. The molecule has 1 atom stereocenters. The van der Waals surface area contributed by atoms with E-state index in [0.29, 0.717) is 0 Å². The van der Waals surface area contributed by atoms with Crippen LogP contribution in [0, 0.1) is 0 Å². The van der Waals surface area contributed by atoms with E-state index in [2.05, 4.69) is 11.3 Å². The van der Waals surface area contributed by atoms with Crippen LogP contribution in [0.4, 0.5) is 0 Å². The van der Waals surface area contributed by atoms with E-state index in [0.717, 1.165) is 13.0 Å². The Morgan fingerprint density at radius 3 is 2.33 bits per heavy atom. The van der Waals surface area contributed by atoms with Crippen LogP contribution < -0.4 is 0 Å². The van der Waals surface area contributed by atoms with Gasteiger partial charge in [-0.3, -0.25) is 4.55 Å². The van der Waals surface area contributed by atoms with Crippen molar-refractivity contribution < 1.29 is 22.5 Å². The van der Waals surface area contributed by atoms with Crippen molar-refractivity contribution in [3.8, 4) is 0 Å². The van der Waals surface area contributed by atoms with Gasteiger partial charge in [0.1, 0.15) is 0 Å². The quantitative estimate of drug-likeness (QED) is 0.292. The van der Waals surface area contributed by atoms with Crippen LogP contribution in [0.3, 0.4) is 0 Å². The second-order valence-corrected chi connectivity index (χ2v) is 3.42. The first-order valence-corrected chi connectivity index (χ1v) is 4.17. The first kappa shape index (κ1) is 14.4. The predicted octanol–water partition coefficient (Wildman–Crippen LogP) is -0.431. The maximum atomic E-state index is 10.4. The van der Waals surface area contributed by atoms with Crippen LogP contribution in [-0.4, -0.2) is 47.4 Å². The molecule has 1 unspecified atom stereocenters. The predicted molar refractivity (Wildman–Crippen MR) is 43.1 cm³/mol. The summed E-state index contributed by atoms with van der Waals surface area (Å²) in [7, 11) is -4.30. The average molecular weight is 204 g/mol. The summed E-state index contributed by atoms with van der Waals surface area (Å²) in [5.41, 5.74) is -1.55. The molecule has 0 spiro atoms. The zero-order valence-electron chi connectivity index (χ0n) is 6.56. The molecule has 0 saturated heterocycles. The maximum Gasteiger partial charge on any atom is 2.00 e. The zero-order chi connectivity index (χ0) is 9.07. The first-order chi connectivity index (χ1) is 4.88. The number of rotatable bonds is 3. The van der Waals surface area contributed by atoms with Crippen molar-refractivity contribution in [2.24, 2.45) is 0 Å². The molecule has 0 amide bonds. The molecule has 64 valence electrons. The monoisotopic (exact) mass is 204 g/mol. The van der Waals surface area contributed by atoms with Gasteiger partial charge >= 0.3 is 39.1 Å². The van der Waals surface area contributed by atoms with E-state index in [1.807, 2.05) is 0 Å². The summed E-state index contributed by atoms with van der Waals surface area (Å²) in [4.78, 5) is 10.4. The van der Waals surface area contributed by atoms with Gasteiger partial charge in [-0.25, -0.2) is 4.79 Å². The molecule has 0 bridgehead atoms. The third-order valence-electron chi connectivity index (χ3n) is 0.868. The van der Waals surface area contributed by atoms with E-state index in [1.165, 1.54) is 0 Å². The van der Waals surface area contributed by atoms with Gasteiger partial charge in [0.15, 0.2) is 0 Å². The molecular weight excluding hydrogens is 196 g/mol. The van der Waals surface area contributed by atoms with Crippen molar-refractivity contribution in [2.45, 2.75) is 12.4 Å². The molecular formula is C5H8MgO5S+2. The van der Waals surface area contributed by atoms with Crippen LogP contribution in [-0.2, 0) is 19.6 Å². The fourth-order valence-electron chi connectivity index (χ4n) is 0.272. The van der Waals surface area contributed by atoms with E-state index in [1.54, 1.807) is 0 Å². The van der Waals surface area contributed by atoms with Gasteiger partial charge in [-0.15, -0.1) is 0 Å². The van der Waals surface area contributed by atoms with E-state index in [9.17, 15) is 13.2 Å². The van der Waals surface area contributed by atoms with Gasteiger partial charge in [0.25, 0.3) is 0 Å². The minimum Gasteiger partial charge on any atom is -0.440 e. The largest absolute Gasteiger partial charge is 2.00 e. The van der Waals surface area contributed by atoms with Crippen LogP contribution in [0.5, 0.6) is 0 Å². The number of hydrogen-bond donors (Lipinski definition) is 1. The topological polar surface area (TPSA) is 80.7 Å². The zero-order valence-corrected chi connectivity index (χ0v) is 8.79. The minimum atomic E-state index is -4.30. The molecule has 7 heteroatoms. The second kappa shape index (κ2) is 5.52. The summed E-state index contributed by atoms with van der Waals surface area (Å²) in [5, 5.41) is 0. The van der Waals surface area contributed by atoms with Gasteiger partial charge in [-0.05, 0) is 6.92 Å². The molecule has 0 aliphatic rings. The Kier molecular flexibility index (Phi) is 6.63. The van der Waals surface area contributed by atoms with Gasteiger partial charge in [0, 0.05) is 6.08 Å². The van der Waals surface area contributed by atoms with Crippen molar-refractivity contribution in [1.29, 1.82) is 0 Å². The summed E-state index contributed by atoms with van der Waals surface area (Å²) in [6.45, 7) is 4.08. The smallest absolute Gasteiger partial charge is 0.440 e. The molecule has 0 rings (SSSR count). The molecule has 0 aromatic carbocycles. The van der Waals surface area contributed by atoms with Crippen molar-refractivity contribution in [1.82, 2.24) is 0 Å². The van der Waals surface area contributed by atoms with Crippen LogP contribution in [0.15, 0.2) is 12.7 Å². The van der Waals surface area contributed by atoms with Crippen LogP contribution in [0.25, 0.3) is 0 Å². The molecule has 0 aromatic heterocycles. The van der Waals surface area contributed by atoms with Crippen molar-refractivity contribution in [2.75, 3.05) is 0 Å². The fraction of sp³-hybridized carbons (Fsp3) is 0.400. The number of hydrogen-bond acceptors (Lipinski definition) is 4. The summed E-state index contributed by atoms with van der Waals surface area (Å²) >= 11 is 0. The molecule has 5 nitrogen and oxygen atoms in total. The Labute approximate surface area is 86.7 Å². The SMILES string of the molecule is C=CC(=O)OC(C)S(=O)(=O)O.[Mg+2]. The van der Waals surface area contributed by atoms with E-state index in [-0.39, 0.29) is 23.1 Å². The molecule has 1 N–H and O–H groups in total. The number of carbonyl (C=O) groups excluding carboxylic acids is 1. The standard InChI is InChI=1S/C5H8O5S.Mg/c1-3-5(6)10-4(2)11(7,8)9;/h3-4H,1H2,2H3,(H,7,8,9);/q;+2. The van der Waals surface area contributed by atoms with Crippen molar-refractivity contribution in [3.63, 3.8) is 0 Å². The van der Waals surface area contributed by atoms with Gasteiger partial charge in [-0.2, -0.15) is 8.42 Å². The van der Waals surface area contributed by atoms with Gasteiger partial charge in [0.05, 0.1) is 0 Å². The van der Waals surface area contributed by atoms with Gasteiger partial charge < -0.3 is 4.74 Å². The van der Waals surface area contributed by atoms with E-state index in [4.69, 9.17) is 4.55 Å². The first-order valence-electron chi connectivity index (χ1n) is 2.67. The number of esters is 1. The van der Waals surface area contributed by atoms with Crippen LogP contribution >= 0.6 is 0 Å². The molecule has 0 radical (unpaired) electrons. The summed E-state index contributed by atoms with van der Waals surface area (Å²) in [6, 6.07) is 0. The summed E-state index contributed by atoms with van der Waals surface area (Å²) < 4.78 is 32.9. The molecule has 0 saturated carbocycles. The maximum absolute atomic E-state index is 10.4. The summed E-state index contributed by atoms with van der Waals surface area (Å²) in [5.74, 6) is -0.893. The molecule has 0 aliphatic carbocycles. The number of ether oxygens (including phenoxy) is 1. The van der Waals surface area contributed by atoms with Crippen LogP contribution in [0.2, 0.25) is 0 Å². The minimum absolute atomic E-state index is 0. The second-order valence-electron chi connectivity index (χ2n) is 1.72. The Balaban J connectivity index is 0. The summed E-state index contributed by atoms with van der Waals surface area (Å²) in [6.07, 6.45) is 0.807. The normalized spacial score (nSPS) is 12.5.